The van der Waals surface area contributed by atoms with Crippen LogP contribution in [-0.4, -0.2) is 50.3 Å². The number of nitrogens with one attached hydrogen (secondary N) is 1. The Morgan fingerprint density at radius 2 is 2.14 bits per heavy atom. The second kappa shape index (κ2) is 7.43. The summed E-state index contributed by atoms with van der Waals surface area (Å²) in [5.41, 5.74) is 2.11. The van der Waals surface area contributed by atoms with Crippen molar-refractivity contribution in [1.29, 1.82) is 0 Å². The van der Waals surface area contributed by atoms with Crippen LogP contribution in [0, 0.1) is 6.92 Å². The zero-order valence-electron chi connectivity index (χ0n) is 13.0. The molecular formula is C16H24N2O3. The molecule has 1 aromatic carbocycles. The number of benzene rings is 1. The zero-order chi connectivity index (χ0) is 15.2. The molecule has 2 rings (SSSR count). The zero-order valence-corrected chi connectivity index (χ0v) is 13.0. The molecule has 5 heteroatoms. The lowest BCUT2D eigenvalue weighted by molar-refractivity contribution is -0.142. The average molecular weight is 292 g/mol. The molecule has 0 radical (unpaired) electrons. The largest absolute Gasteiger partial charge is 0.480 e. The number of rotatable bonds is 5. The number of carbonyl (C=O) groups excluding carboxylic acids is 1. The van der Waals surface area contributed by atoms with Gasteiger partial charge in [-0.25, -0.2) is 0 Å². The summed E-state index contributed by atoms with van der Waals surface area (Å²) >= 11 is 0. The second-order valence-corrected chi connectivity index (χ2v) is 5.29. The van der Waals surface area contributed by atoms with E-state index in [-0.39, 0.29) is 5.91 Å². The first kappa shape index (κ1) is 15.8. The minimum atomic E-state index is -0.486. The fourth-order valence-electron chi connectivity index (χ4n) is 2.48. The first-order chi connectivity index (χ1) is 10.1. The van der Waals surface area contributed by atoms with E-state index < -0.39 is 6.10 Å². The monoisotopic (exact) mass is 292 g/mol. The number of nitrogens with zero attached hydrogens (tertiary/aromatic N) is 1. The van der Waals surface area contributed by atoms with E-state index in [0.717, 1.165) is 23.4 Å². The molecule has 1 fully saturated rings. The van der Waals surface area contributed by atoms with Crippen molar-refractivity contribution in [3.63, 3.8) is 0 Å². The van der Waals surface area contributed by atoms with Gasteiger partial charge in [0, 0.05) is 25.2 Å². The molecule has 0 bridgehead atoms. The van der Waals surface area contributed by atoms with Gasteiger partial charge in [0.25, 0.3) is 5.91 Å². The lowest BCUT2D eigenvalue weighted by Gasteiger charge is -2.29. The Hall–Kier alpha value is -1.59. The van der Waals surface area contributed by atoms with Crippen LogP contribution in [0.3, 0.4) is 0 Å². The summed E-state index contributed by atoms with van der Waals surface area (Å²) in [6.07, 6.45) is -0.486. The third-order valence-corrected chi connectivity index (χ3v) is 3.63. The van der Waals surface area contributed by atoms with Crippen LogP contribution in [0.5, 0.6) is 5.75 Å². The Morgan fingerprint density at radius 1 is 1.43 bits per heavy atom. The summed E-state index contributed by atoms with van der Waals surface area (Å²) in [4.78, 5) is 14.2. The number of ether oxygens (including phenoxy) is 2. The summed E-state index contributed by atoms with van der Waals surface area (Å²) in [6.45, 7) is 7.03. The summed E-state index contributed by atoms with van der Waals surface area (Å²) in [5.74, 6) is 0.831. The molecule has 0 saturated carbocycles. The highest BCUT2D eigenvalue weighted by Gasteiger charge is 2.24. The van der Waals surface area contributed by atoms with E-state index in [4.69, 9.17) is 9.47 Å². The molecule has 1 aliphatic heterocycles. The number of amides is 1. The summed E-state index contributed by atoms with van der Waals surface area (Å²) in [6, 6.07) is 6.02. The molecule has 0 spiro atoms. The Morgan fingerprint density at radius 3 is 2.81 bits per heavy atom. The summed E-state index contributed by atoms with van der Waals surface area (Å²) < 4.78 is 11.2. The van der Waals surface area contributed by atoms with Gasteiger partial charge in [0.15, 0.2) is 6.10 Å². The lowest BCUT2D eigenvalue weighted by atomic mass is 10.1. The normalized spacial score (nSPS) is 16.6. The SMILES string of the molecule is CNCc1cccc(C)c1OC(C)C(=O)N1CCOCC1. The van der Waals surface area contributed by atoms with E-state index in [1.807, 2.05) is 44.0 Å². The van der Waals surface area contributed by atoms with Crippen LogP contribution in [-0.2, 0) is 16.1 Å². The van der Waals surface area contributed by atoms with Crippen LogP contribution in [0.25, 0.3) is 0 Å². The van der Waals surface area contributed by atoms with Crippen LogP contribution in [0.2, 0.25) is 0 Å². The van der Waals surface area contributed by atoms with E-state index in [2.05, 4.69) is 5.32 Å². The van der Waals surface area contributed by atoms with Gasteiger partial charge in [-0.15, -0.1) is 0 Å². The molecule has 0 aliphatic carbocycles. The Balaban J connectivity index is 2.07. The molecule has 1 unspecified atom stereocenters. The summed E-state index contributed by atoms with van der Waals surface area (Å²) in [7, 11) is 1.90. The van der Waals surface area contributed by atoms with Gasteiger partial charge >= 0.3 is 0 Å². The van der Waals surface area contributed by atoms with Gasteiger partial charge in [-0.1, -0.05) is 18.2 Å². The van der Waals surface area contributed by atoms with Gasteiger partial charge < -0.3 is 19.7 Å². The number of hydrogen-bond acceptors (Lipinski definition) is 4. The fraction of sp³-hybridized carbons (Fsp3) is 0.562. The number of aryl methyl sites for hydroxylation is 1. The molecule has 1 aromatic rings. The molecule has 1 saturated heterocycles. The number of carbonyl (C=O) groups is 1. The quantitative estimate of drug-likeness (QED) is 0.890. The molecule has 1 atom stereocenters. The minimum Gasteiger partial charge on any atom is -0.480 e. The Labute approximate surface area is 126 Å². The van der Waals surface area contributed by atoms with E-state index in [0.29, 0.717) is 26.3 Å². The van der Waals surface area contributed by atoms with Crippen LogP contribution < -0.4 is 10.1 Å². The van der Waals surface area contributed by atoms with Crippen molar-refractivity contribution in [1.82, 2.24) is 10.2 Å². The smallest absolute Gasteiger partial charge is 0.263 e. The molecule has 1 amide bonds. The maximum absolute atomic E-state index is 12.4. The van der Waals surface area contributed by atoms with Gasteiger partial charge in [0.05, 0.1) is 13.2 Å². The standard InChI is InChI=1S/C16H24N2O3/c1-12-5-4-6-14(11-17-3)15(12)21-13(2)16(19)18-7-9-20-10-8-18/h4-6,13,17H,7-11H2,1-3H3. The molecule has 0 aromatic heterocycles. The highest BCUT2D eigenvalue weighted by Crippen LogP contribution is 2.25. The van der Waals surface area contributed by atoms with Crippen molar-refractivity contribution in [2.24, 2.45) is 0 Å². The third kappa shape index (κ3) is 3.95. The first-order valence-corrected chi connectivity index (χ1v) is 7.39. The van der Waals surface area contributed by atoms with Crippen molar-refractivity contribution in [2.75, 3.05) is 33.4 Å². The number of para-hydroxylation sites is 1. The highest BCUT2D eigenvalue weighted by molar-refractivity contribution is 5.81. The molecule has 5 nitrogen and oxygen atoms in total. The topological polar surface area (TPSA) is 50.8 Å². The van der Waals surface area contributed by atoms with Crippen LogP contribution >= 0.6 is 0 Å². The lowest BCUT2D eigenvalue weighted by Crippen LogP contribution is -2.46. The maximum atomic E-state index is 12.4. The predicted octanol–water partition coefficient (Wildman–Crippen LogP) is 1.34. The molecule has 1 heterocycles. The molecular weight excluding hydrogens is 268 g/mol. The van der Waals surface area contributed by atoms with Crippen molar-refractivity contribution >= 4 is 5.91 Å². The van der Waals surface area contributed by atoms with Crippen molar-refractivity contribution in [2.45, 2.75) is 26.5 Å². The van der Waals surface area contributed by atoms with E-state index >= 15 is 0 Å². The molecule has 21 heavy (non-hydrogen) atoms. The van der Waals surface area contributed by atoms with Gasteiger partial charge in [-0.2, -0.15) is 0 Å². The van der Waals surface area contributed by atoms with Crippen molar-refractivity contribution < 1.29 is 14.3 Å². The van der Waals surface area contributed by atoms with Crippen molar-refractivity contribution in [3.05, 3.63) is 29.3 Å². The molecule has 116 valence electrons. The van der Waals surface area contributed by atoms with Gasteiger partial charge in [-0.05, 0) is 26.5 Å². The third-order valence-electron chi connectivity index (χ3n) is 3.63. The summed E-state index contributed by atoms with van der Waals surface area (Å²) in [5, 5.41) is 3.13. The van der Waals surface area contributed by atoms with Gasteiger partial charge in [0.1, 0.15) is 5.75 Å². The van der Waals surface area contributed by atoms with E-state index in [9.17, 15) is 4.79 Å². The minimum absolute atomic E-state index is 0.0250. The Bertz CT molecular complexity index is 484. The maximum Gasteiger partial charge on any atom is 0.263 e. The number of hydrogen-bond donors (Lipinski definition) is 1. The fourth-order valence-corrected chi connectivity index (χ4v) is 2.48. The molecule has 1 aliphatic rings. The van der Waals surface area contributed by atoms with Gasteiger partial charge in [0.2, 0.25) is 0 Å². The first-order valence-electron chi connectivity index (χ1n) is 7.39. The second-order valence-electron chi connectivity index (χ2n) is 5.29. The van der Waals surface area contributed by atoms with Crippen LogP contribution in [0.1, 0.15) is 18.1 Å². The highest BCUT2D eigenvalue weighted by atomic mass is 16.5. The Kier molecular flexibility index (Phi) is 5.59. The van der Waals surface area contributed by atoms with E-state index in [1.54, 1.807) is 0 Å². The van der Waals surface area contributed by atoms with Crippen LogP contribution in [0.4, 0.5) is 0 Å². The van der Waals surface area contributed by atoms with E-state index in [1.165, 1.54) is 0 Å². The average Bonchev–Trinajstić information content (AvgIpc) is 2.51. The van der Waals surface area contributed by atoms with Crippen molar-refractivity contribution in [3.8, 4) is 5.75 Å². The number of morpholine rings is 1. The van der Waals surface area contributed by atoms with Crippen LogP contribution in [0.15, 0.2) is 18.2 Å². The molecule has 1 N–H and O–H groups in total. The van der Waals surface area contributed by atoms with Gasteiger partial charge in [-0.3, -0.25) is 4.79 Å². The predicted molar refractivity (Wildman–Crippen MR) is 81.4 cm³/mol.